The zero-order valence-corrected chi connectivity index (χ0v) is 19.2. The molecule has 0 saturated carbocycles. The van der Waals surface area contributed by atoms with Gasteiger partial charge in [0.2, 0.25) is 0 Å². The average Bonchev–Trinajstić information content (AvgIpc) is 3.33. The number of rotatable bonds is 7. The zero-order valence-electron chi connectivity index (χ0n) is 19.2. The second-order valence-electron chi connectivity index (χ2n) is 8.69. The number of carboxylic acid groups (broad SMARTS) is 1. The van der Waals surface area contributed by atoms with Crippen LogP contribution in [0.3, 0.4) is 0 Å². The quantitative estimate of drug-likeness (QED) is 0.496. The number of carbonyl (C=O) groups is 3. The molecule has 2 aromatic carbocycles. The largest absolute Gasteiger partial charge is 0.480 e. The minimum atomic E-state index is -1.45. The van der Waals surface area contributed by atoms with Gasteiger partial charge < -0.3 is 20.5 Å². The van der Waals surface area contributed by atoms with E-state index in [0.29, 0.717) is 5.69 Å². The fraction of sp³-hybridized carbons (Fsp3) is 0.280. The first-order chi connectivity index (χ1) is 16.2. The van der Waals surface area contributed by atoms with Crippen molar-refractivity contribution in [2.24, 2.45) is 7.05 Å². The van der Waals surface area contributed by atoms with Gasteiger partial charge in [0, 0.05) is 13.0 Å². The van der Waals surface area contributed by atoms with Crippen LogP contribution in [0, 0.1) is 0 Å². The summed E-state index contributed by atoms with van der Waals surface area (Å²) in [7, 11) is 1.63. The number of hydrogen-bond acceptors (Lipinski definition) is 5. The summed E-state index contributed by atoms with van der Waals surface area (Å²) in [5.74, 6) is -1.82. The van der Waals surface area contributed by atoms with Crippen LogP contribution in [0.15, 0.2) is 54.7 Å². The molecule has 9 heteroatoms. The van der Waals surface area contributed by atoms with Gasteiger partial charge in [-0.05, 0) is 36.1 Å². The molecule has 0 bridgehead atoms. The molecule has 3 N–H and O–H groups in total. The van der Waals surface area contributed by atoms with E-state index in [4.69, 9.17) is 4.74 Å². The Morgan fingerprint density at radius 2 is 1.65 bits per heavy atom. The van der Waals surface area contributed by atoms with Crippen LogP contribution in [0.25, 0.3) is 11.1 Å². The van der Waals surface area contributed by atoms with Crippen LogP contribution >= 0.6 is 0 Å². The molecule has 0 radical (unpaired) electrons. The highest BCUT2D eigenvalue weighted by atomic mass is 16.5. The molecule has 0 atom stereocenters. The van der Waals surface area contributed by atoms with E-state index in [1.807, 2.05) is 36.4 Å². The second kappa shape index (κ2) is 9.01. The number of ether oxygens (including phenoxy) is 1. The highest BCUT2D eigenvalue weighted by molar-refractivity contribution is 5.98. The Morgan fingerprint density at radius 3 is 2.24 bits per heavy atom. The summed E-state index contributed by atoms with van der Waals surface area (Å²) >= 11 is 0. The van der Waals surface area contributed by atoms with Crippen molar-refractivity contribution >= 4 is 18.0 Å². The van der Waals surface area contributed by atoms with Crippen molar-refractivity contribution in [1.29, 1.82) is 0 Å². The molecule has 0 saturated heterocycles. The number of alkyl carbamates (subject to hydrolysis) is 1. The third kappa shape index (κ3) is 4.36. The van der Waals surface area contributed by atoms with Crippen molar-refractivity contribution in [1.82, 2.24) is 20.4 Å². The lowest BCUT2D eigenvalue weighted by Crippen LogP contribution is -2.49. The number of carbonyl (C=O) groups excluding carboxylic acids is 2. The molecule has 0 spiro atoms. The first kappa shape index (κ1) is 23.0. The molecule has 1 aliphatic carbocycles. The van der Waals surface area contributed by atoms with Gasteiger partial charge in [0.15, 0.2) is 0 Å². The van der Waals surface area contributed by atoms with E-state index in [-0.39, 0.29) is 24.6 Å². The van der Waals surface area contributed by atoms with E-state index >= 15 is 0 Å². The second-order valence-corrected chi connectivity index (χ2v) is 8.69. The Hall–Kier alpha value is -4.14. The molecular weight excluding hydrogens is 436 g/mol. The fourth-order valence-electron chi connectivity index (χ4n) is 4.07. The SMILES string of the molecule is Cn1ncc(C(=O)NC(C)(C)C(=O)O)c1CNC(=O)OCC1c2ccccc2-c2ccccc21. The minimum Gasteiger partial charge on any atom is -0.480 e. The molecular formula is C25H26N4O5. The van der Waals surface area contributed by atoms with Gasteiger partial charge in [-0.2, -0.15) is 5.10 Å². The Labute approximate surface area is 196 Å². The van der Waals surface area contributed by atoms with Crippen LogP contribution in [0.4, 0.5) is 4.79 Å². The maximum atomic E-state index is 12.6. The molecule has 0 fully saturated rings. The highest BCUT2D eigenvalue weighted by Crippen LogP contribution is 2.44. The van der Waals surface area contributed by atoms with Crippen molar-refractivity contribution in [2.75, 3.05) is 6.61 Å². The van der Waals surface area contributed by atoms with Crippen LogP contribution in [-0.4, -0.2) is 45.0 Å². The summed E-state index contributed by atoms with van der Waals surface area (Å²) in [6.45, 7) is 2.94. The third-order valence-electron chi connectivity index (χ3n) is 6.01. The summed E-state index contributed by atoms with van der Waals surface area (Å²) in [5.41, 5.74) is 3.66. The number of benzene rings is 2. The Balaban J connectivity index is 1.40. The molecule has 176 valence electrons. The van der Waals surface area contributed by atoms with Crippen LogP contribution in [0.5, 0.6) is 0 Å². The molecule has 0 aliphatic heterocycles. The van der Waals surface area contributed by atoms with Crippen LogP contribution < -0.4 is 10.6 Å². The predicted molar refractivity (Wildman–Crippen MR) is 124 cm³/mol. The minimum absolute atomic E-state index is 0.0105. The number of amides is 2. The normalized spacial score (nSPS) is 12.6. The number of nitrogens with zero attached hydrogens (tertiary/aromatic N) is 2. The van der Waals surface area contributed by atoms with Gasteiger partial charge in [-0.25, -0.2) is 9.59 Å². The molecule has 3 aromatic rings. The first-order valence-electron chi connectivity index (χ1n) is 10.8. The van der Waals surface area contributed by atoms with E-state index in [2.05, 4.69) is 27.9 Å². The van der Waals surface area contributed by atoms with Crippen molar-refractivity contribution < 1.29 is 24.2 Å². The number of nitrogens with one attached hydrogen (secondary N) is 2. The Kier molecular flexibility index (Phi) is 6.10. The van der Waals surface area contributed by atoms with E-state index < -0.39 is 23.5 Å². The van der Waals surface area contributed by atoms with Crippen molar-refractivity contribution in [2.45, 2.75) is 31.8 Å². The first-order valence-corrected chi connectivity index (χ1v) is 10.8. The summed E-state index contributed by atoms with van der Waals surface area (Å²) in [4.78, 5) is 36.4. The Morgan fingerprint density at radius 1 is 1.06 bits per heavy atom. The molecule has 9 nitrogen and oxygen atoms in total. The fourth-order valence-corrected chi connectivity index (χ4v) is 4.07. The molecule has 4 rings (SSSR count). The number of aromatic nitrogens is 2. The molecule has 1 heterocycles. The molecule has 0 unspecified atom stereocenters. The number of carboxylic acids is 1. The summed E-state index contributed by atoms with van der Waals surface area (Å²) in [5, 5.41) is 18.4. The molecule has 34 heavy (non-hydrogen) atoms. The molecule has 2 amide bonds. The average molecular weight is 463 g/mol. The summed E-state index contributed by atoms with van der Waals surface area (Å²) in [6, 6.07) is 16.1. The lowest BCUT2D eigenvalue weighted by molar-refractivity contribution is -0.143. The smallest absolute Gasteiger partial charge is 0.407 e. The van der Waals surface area contributed by atoms with Crippen LogP contribution in [0.1, 0.15) is 46.9 Å². The van der Waals surface area contributed by atoms with Gasteiger partial charge in [0.05, 0.1) is 24.0 Å². The van der Waals surface area contributed by atoms with Crippen LogP contribution in [-0.2, 0) is 23.1 Å². The van der Waals surface area contributed by atoms with Crippen molar-refractivity contribution in [3.63, 3.8) is 0 Å². The van der Waals surface area contributed by atoms with Gasteiger partial charge >= 0.3 is 12.1 Å². The van der Waals surface area contributed by atoms with Crippen molar-refractivity contribution in [3.05, 3.63) is 77.1 Å². The standard InChI is InChI=1S/C25H26N4O5/c1-25(2,23(31)32)28-22(30)19-12-27-29(3)21(19)13-26-24(33)34-14-20-17-10-6-4-8-15(17)16-9-5-7-11-18(16)20/h4-12,20H,13-14H2,1-3H3,(H,26,33)(H,28,30)(H,31,32). The van der Waals surface area contributed by atoms with E-state index in [1.165, 1.54) is 24.7 Å². The topological polar surface area (TPSA) is 123 Å². The zero-order chi connectivity index (χ0) is 24.5. The maximum absolute atomic E-state index is 12.6. The van der Waals surface area contributed by atoms with Crippen molar-refractivity contribution in [3.8, 4) is 11.1 Å². The third-order valence-corrected chi connectivity index (χ3v) is 6.01. The number of aryl methyl sites for hydroxylation is 1. The van der Waals surface area contributed by atoms with Gasteiger partial charge in [-0.1, -0.05) is 48.5 Å². The van der Waals surface area contributed by atoms with E-state index in [0.717, 1.165) is 22.3 Å². The van der Waals surface area contributed by atoms with Gasteiger partial charge in [-0.3, -0.25) is 9.48 Å². The molecule has 1 aliphatic rings. The lowest BCUT2D eigenvalue weighted by atomic mass is 9.98. The van der Waals surface area contributed by atoms with Gasteiger partial charge in [0.25, 0.3) is 5.91 Å². The highest BCUT2D eigenvalue weighted by Gasteiger charge is 2.31. The number of aliphatic carboxylic acids is 1. The number of fused-ring (bicyclic) bond motifs is 3. The lowest BCUT2D eigenvalue weighted by Gasteiger charge is -2.21. The molecule has 1 aromatic heterocycles. The maximum Gasteiger partial charge on any atom is 0.407 e. The predicted octanol–water partition coefficient (Wildman–Crippen LogP) is 3.05. The monoisotopic (exact) mass is 462 g/mol. The van der Waals surface area contributed by atoms with E-state index in [9.17, 15) is 19.5 Å². The van der Waals surface area contributed by atoms with E-state index in [1.54, 1.807) is 7.05 Å². The number of hydrogen-bond donors (Lipinski definition) is 3. The Bertz CT molecular complexity index is 1220. The summed E-state index contributed by atoms with van der Waals surface area (Å²) in [6.07, 6.45) is 0.711. The van der Waals surface area contributed by atoms with Gasteiger partial charge in [-0.15, -0.1) is 0 Å². The van der Waals surface area contributed by atoms with Gasteiger partial charge in [0.1, 0.15) is 12.1 Å². The van der Waals surface area contributed by atoms with Crippen LogP contribution in [0.2, 0.25) is 0 Å². The summed E-state index contributed by atoms with van der Waals surface area (Å²) < 4.78 is 6.98.